The fourth-order valence-corrected chi connectivity index (χ4v) is 2.30. The van der Waals surface area contributed by atoms with E-state index in [0.29, 0.717) is 16.3 Å². The van der Waals surface area contributed by atoms with Crippen molar-refractivity contribution < 1.29 is 9.13 Å². The lowest BCUT2D eigenvalue weighted by Crippen LogP contribution is -2.19. The van der Waals surface area contributed by atoms with Crippen molar-refractivity contribution in [1.82, 2.24) is 5.32 Å². The van der Waals surface area contributed by atoms with Crippen LogP contribution in [-0.4, -0.2) is 14.2 Å². The molecule has 2 aromatic carbocycles. The van der Waals surface area contributed by atoms with Gasteiger partial charge in [0.2, 0.25) is 0 Å². The second-order valence-corrected chi connectivity index (χ2v) is 4.57. The highest BCUT2D eigenvalue weighted by Crippen LogP contribution is 2.32. The third kappa shape index (κ3) is 2.88. The summed E-state index contributed by atoms with van der Waals surface area (Å²) in [7, 11) is 3.37. The number of hydrogen-bond acceptors (Lipinski definition) is 2. The molecule has 0 amide bonds. The van der Waals surface area contributed by atoms with Crippen LogP contribution in [0.25, 0.3) is 0 Å². The van der Waals surface area contributed by atoms with E-state index in [9.17, 15) is 4.39 Å². The van der Waals surface area contributed by atoms with Crippen molar-refractivity contribution in [2.45, 2.75) is 6.04 Å². The van der Waals surface area contributed by atoms with Gasteiger partial charge in [0.15, 0.2) is 0 Å². The summed E-state index contributed by atoms with van der Waals surface area (Å²) in [5, 5.41) is 3.60. The van der Waals surface area contributed by atoms with E-state index in [1.54, 1.807) is 20.2 Å². The highest BCUT2D eigenvalue weighted by atomic mass is 35.5. The number of ether oxygens (including phenoxy) is 1. The van der Waals surface area contributed by atoms with Crippen molar-refractivity contribution in [3.63, 3.8) is 0 Å². The number of para-hydroxylation sites is 1. The standard InChI is InChI=1S/C15H15ClFNO/c1-18-15(11-5-3-4-6-14(11)19-2)12-9-10(16)7-8-13(12)17/h3-9,15,18H,1-2H3. The molecule has 0 bridgehead atoms. The van der Waals surface area contributed by atoms with Gasteiger partial charge in [-0.05, 0) is 31.3 Å². The highest BCUT2D eigenvalue weighted by molar-refractivity contribution is 6.30. The molecule has 0 saturated heterocycles. The van der Waals surface area contributed by atoms with Crippen molar-refractivity contribution in [1.29, 1.82) is 0 Å². The first-order chi connectivity index (χ1) is 9.17. The lowest BCUT2D eigenvalue weighted by atomic mass is 9.97. The Balaban J connectivity index is 2.53. The lowest BCUT2D eigenvalue weighted by molar-refractivity contribution is 0.404. The van der Waals surface area contributed by atoms with Crippen molar-refractivity contribution in [3.8, 4) is 5.75 Å². The Hall–Kier alpha value is -1.58. The summed E-state index contributed by atoms with van der Waals surface area (Å²) >= 11 is 5.95. The average molecular weight is 280 g/mol. The maximum absolute atomic E-state index is 14.0. The van der Waals surface area contributed by atoms with Gasteiger partial charge in [-0.3, -0.25) is 0 Å². The molecule has 0 heterocycles. The zero-order valence-corrected chi connectivity index (χ0v) is 11.5. The van der Waals surface area contributed by atoms with Crippen LogP contribution in [0.4, 0.5) is 4.39 Å². The van der Waals surface area contributed by atoms with Gasteiger partial charge in [0, 0.05) is 16.1 Å². The van der Waals surface area contributed by atoms with Gasteiger partial charge < -0.3 is 10.1 Å². The van der Waals surface area contributed by atoms with Gasteiger partial charge in [-0.25, -0.2) is 4.39 Å². The first-order valence-electron chi connectivity index (χ1n) is 5.92. The van der Waals surface area contributed by atoms with Crippen molar-refractivity contribution in [2.75, 3.05) is 14.2 Å². The summed E-state index contributed by atoms with van der Waals surface area (Å²) in [6, 6.07) is 11.8. The molecule has 19 heavy (non-hydrogen) atoms. The molecule has 1 atom stereocenters. The first kappa shape index (κ1) is 13.8. The quantitative estimate of drug-likeness (QED) is 0.919. The molecule has 1 unspecified atom stereocenters. The van der Waals surface area contributed by atoms with Crippen LogP contribution in [0.5, 0.6) is 5.75 Å². The maximum Gasteiger partial charge on any atom is 0.128 e. The van der Waals surface area contributed by atoms with Crippen LogP contribution in [0.3, 0.4) is 0 Å². The molecule has 4 heteroatoms. The van der Waals surface area contributed by atoms with E-state index < -0.39 is 0 Å². The first-order valence-corrected chi connectivity index (χ1v) is 6.30. The normalized spacial score (nSPS) is 12.2. The summed E-state index contributed by atoms with van der Waals surface area (Å²) in [6.45, 7) is 0. The smallest absolute Gasteiger partial charge is 0.128 e. The molecule has 0 aliphatic carbocycles. The maximum atomic E-state index is 14.0. The Morgan fingerprint density at radius 1 is 1.16 bits per heavy atom. The van der Waals surface area contributed by atoms with Crippen LogP contribution in [0, 0.1) is 5.82 Å². The van der Waals surface area contributed by atoms with Crippen molar-refractivity contribution in [3.05, 3.63) is 64.4 Å². The molecular formula is C15H15ClFNO. The van der Waals surface area contributed by atoms with Gasteiger partial charge in [0.1, 0.15) is 11.6 Å². The molecule has 100 valence electrons. The molecule has 0 spiro atoms. The van der Waals surface area contributed by atoms with Gasteiger partial charge in [-0.1, -0.05) is 29.8 Å². The molecule has 0 fully saturated rings. The monoisotopic (exact) mass is 279 g/mol. The third-order valence-corrected chi connectivity index (χ3v) is 3.24. The fraction of sp³-hybridized carbons (Fsp3) is 0.200. The van der Waals surface area contributed by atoms with E-state index in [0.717, 1.165) is 5.56 Å². The van der Waals surface area contributed by atoms with Gasteiger partial charge >= 0.3 is 0 Å². The summed E-state index contributed by atoms with van der Waals surface area (Å²) in [5.74, 6) is 0.413. The summed E-state index contributed by atoms with van der Waals surface area (Å²) in [4.78, 5) is 0. The average Bonchev–Trinajstić information content (AvgIpc) is 2.44. The Bertz CT molecular complexity index is 574. The predicted octanol–water partition coefficient (Wildman–Crippen LogP) is 3.80. The molecule has 0 saturated carbocycles. The van der Waals surface area contributed by atoms with E-state index in [2.05, 4.69) is 5.32 Å². The molecule has 0 aliphatic rings. The largest absolute Gasteiger partial charge is 0.496 e. The third-order valence-electron chi connectivity index (χ3n) is 3.01. The van der Waals surface area contributed by atoms with E-state index in [1.807, 2.05) is 24.3 Å². The number of rotatable bonds is 4. The van der Waals surface area contributed by atoms with Crippen LogP contribution in [0.15, 0.2) is 42.5 Å². The SMILES string of the molecule is CNC(c1cc(Cl)ccc1F)c1ccccc1OC. The molecular weight excluding hydrogens is 265 g/mol. The van der Waals surface area contributed by atoms with Crippen LogP contribution >= 0.6 is 11.6 Å². The second-order valence-electron chi connectivity index (χ2n) is 4.13. The molecule has 2 nitrogen and oxygen atoms in total. The summed E-state index contributed by atoms with van der Waals surface area (Å²) in [5.41, 5.74) is 1.37. The fourth-order valence-electron chi connectivity index (χ4n) is 2.12. The minimum absolute atomic E-state index is 0.297. The Labute approximate surface area is 117 Å². The Kier molecular flexibility index (Phi) is 4.40. The van der Waals surface area contributed by atoms with Gasteiger partial charge in [0.05, 0.1) is 13.2 Å². The van der Waals surface area contributed by atoms with Gasteiger partial charge in [-0.2, -0.15) is 0 Å². The highest BCUT2D eigenvalue weighted by Gasteiger charge is 2.19. The van der Waals surface area contributed by atoms with Crippen molar-refractivity contribution in [2.24, 2.45) is 0 Å². The number of nitrogens with one attached hydrogen (secondary N) is 1. The Morgan fingerprint density at radius 3 is 2.58 bits per heavy atom. The van der Waals surface area contributed by atoms with E-state index in [1.165, 1.54) is 12.1 Å². The number of halogens is 2. The molecule has 2 rings (SSSR count). The molecule has 0 aliphatic heterocycles. The van der Waals surface area contributed by atoms with Crippen LogP contribution in [0.1, 0.15) is 17.2 Å². The van der Waals surface area contributed by atoms with E-state index >= 15 is 0 Å². The Morgan fingerprint density at radius 2 is 1.89 bits per heavy atom. The minimum Gasteiger partial charge on any atom is -0.496 e. The zero-order chi connectivity index (χ0) is 13.8. The van der Waals surface area contributed by atoms with Crippen LogP contribution < -0.4 is 10.1 Å². The van der Waals surface area contributed by atoms with E-state index in [-0.39, 0.29) is 11.9 Å². The molecule has 0 radical (unpaired) electrons. The molecule has 2 aromatic rings. The topological polar surface area (TPSA) is 21.3 Å². The summed E-state index contributed by atoms with van der Waals surface area (Å²) in [6.07, 6.45) is 0. The van der Waals surface area contributed by atoms with Crippen molar-refractivity contribution >= 4 is 11.6 Å². The minimum atomic E-state index is -0.310. The number of methoxy groups -OCH3 is 1. The number of hydrogen-bond donors (Lipinski definition) is 1. The van der Waals surface area contributed by atoms with Gasteiger partial charge in [0.25, 0.3) is 0 Å². The van der Waals surface area contributed by atoms with Crippen LogP contribution in [-0.2, 0) is 0 Å². The number of benzene rings is 2. The summed E-state index contributed by atoms with van der Waals surface area (Å²) < 4.78 is 19.3. The van der Waals surface area contributed by atoms with Gasteiger partial charge in [-0.15, -0.1) is 0 Å². The van der Waals surface area contributed by atoms with Crippen LogP contribution in [0.2, 0.25) is 5.02 Å². The van der Waals surface area contributed by atoms with E-state index in [4.69, 9.17) is 16.3 Å². The predicted molar refractivity (Wildman–Crippen MR) is 75.3 cm³/mol. The second kappa shape index (κ2) is 6.04. The zero-order valence-electron chi connectivity index (χ0n) is 10.8. The lowest BCUT2D eigenvalue weighted by Gasteiger charge is -2.20. The molecule has 0 aromatic heterocycles. The molecule has 1 N–H and O–H groups in total.